The Morgan fingerprint density at radius 2 is 1.74 bits per heavy atom. The fourth-order valence-corrected chi connectivity index (χ4v) is 3.90. The lowest BCUT2D eigenvalue weighted by Crippen LogP contribution is -2.43. The maximum Gasteiger partial charge on any atom is 0.335 e. The van der Waals surface area contributed by atoms with Crippen LogP contribution in [0.3, 0.4) is 0 Å². The molecule has 2 aromatic carbocycles. The highest BCUT2D eigenvalue weighted by Crippen LogP contribution is 2.39. The second kappa shape index (κ2) is 8.25. The van der Waals surface area contributed by atoms with Crippen LogP contribution in [0.5, 0.6) is 5.75 Å². The molecule has 0 heterocycles. The summed E-state index contributed by atoms with van der Waals surface area (Å²) < 4.78 is 5.23. The molecule has 1 aliphatic rings. The minimum Gasteiger partial charge on any atom is -0.497 e. The summed E-state index contributed by atoms with van der Waals surface area (Å²) in [5, 5.41) is 12.5. The van der Waals surface area contributed by atoms with Gasteiger partial charge in [-0.1, -0.05) is 43.2 Å². The largest absolute Gasteiger partial charge is 0.497 e. The monoisotopic (exact) mass is 367 g/mol. The van der Waals surface area contributed by atoms with E-state index in [4.69, 9.17) is 4.74 Å². The van der Waals surface area contributed by atoms with Gasteiger partial charge in [0, 0.05) is 6.42 Å². The maximum absolute atomic E-state index is 12.7. The molecule has 0 saturated heterocycles. The summed E-state index contributed by atoms with van der Waals surface area (Å²) >= 11 is 0. The van der Waals surface area contributed by atoms with Gasteiger partial charge >= 0.3 is 5.97 Å². The van der Waals surface area contributed by atoms with E-state index in [1.807, 2.05) is 24.3 Å². The van der Waals surface area contributed by atoms with E-state index in [1.165, 1.54) is 0 Å². The van der Waals surface area contributed by atoms with Crippen molar-refractivity contribution in [3.8, 4) is 5.75 Å². The second-order valence-electron chi connectivity index (χ2n) is 7.03. The molecule has 0 unspecified atom stereocenters. The van der Waals surface area contributed by atoms with Gasteiger partial charge in [0.05, 0.1) is 18.2 Å². The number of carbonyl (C=O) groups excluding carboxylic acids is 1. The van der Waals surface area contributed by atoms with Crippen LogP contribution in [-0.2, 0) is 16.8 Å². The summed E-state index contributed by atoms with van der Waals surface area (Å²) in [5.41, 5.74) is 1.71. The minimum atomic E-state index is -0.962. The molecule has 0 radical (unpaired) electrons. The Kier molecular flexibility index (Phi) is 5.79. The van der Waals surface area contributed by atoms with Gasteiger partial charge in [0.2, 0.25) is 5.91 Å². The summed E-state index contributed by atoms with van der Waals surface area (Å²) in [6, 6.07) is 14.7. The molecule has 1 amide bonds. The molecule has 0 bridgehead atoms. The molecule has 27 heavy (non-hydrogen) atoms. The lowest BCUT2D eigenvalue weighted by Gasteiger charge is -2.31. The fourth-order valence-electron chi connectivity index (χ4n) is 3.90. The summed E-state index contributed by atoms with van der Waals surface area (Å²) in [6.45, 7) is 0. The Balaban J connectivity index is 1.70. The van der Waals surface area contributed by atoms with Gasteiger partial charge in [0.15, 0.2) is 0 Å². The molecule has 0 aromatic heterocycles. The lowest BCUT2D eigenvalue weighted by molar-refractivity contribution is -0.123. The van der Waals surface area contributed by atoms with Crippen LogP contribution in [-0.4, -0.2) is 24.1 Å². The topological polar surface area (TPSA) is 75.6 Å². The number of carbonyl (C=O) groups is 2. The quantitative estimate of drug-likeness (QED) is 0.778. The minimum absolute atomic E-state index is 0.0482. The van der Waals surface area contributed by atoms with Gasteiger partial charge in [-0.2, -0.15) is 0 Å². The van der Waals surface area contributed by atoms with Gasteiger partial charge in [-0.15, -0.1) is 0 Å². The van der Waals surface area contributed by atoms with Gasteiger partial charge in [-0.05, 0) is 48.6 Å². The highest BCUT2D eigenvalue weighted by atomic mass is 16.5. The van der Waals surface area contributed by atoms with Crippen LogP contribution < -0.4 is 10.1 Å². The number of aromatic carboxylic acids is 1. The number of aryl methyl sites for hydroxylation is 1. The summed E-state index contributed by atoms with van der Waals surface area (Å²) in [7, 11) is 1.64. The Hall–Kier alpha value is -2.82. The fraction of sp³-hybridized carbons (Fsp3) is 0.364. The number of carboxylic acid groups (broad SMARTS) is 1. The molecular weight excluding hydrogens is 342 g/mol. The van der Waals surface area contributed by atoms with E-state index < -0.39 is 5.97 Å². The van der Waals surface area contributed by atoms with Crippen molar-refractivity contribution in [1.29, 1.82) is 0 Å². The van der Waals surface area contributed by atoms with E-state index >= 15 is 0 Å². The number of nitrogens with one attached hydrogen (secondary N) is 1. The Labute approximate surface area is 159 Å². The predicted octanol–water partition coefficient (Wildman–Crippen LogP) is 3.91. The molecule has 3 rings (SSSR count). The van der Waals surface area contributed by atoms with Crippen LogP contribution in [0.1, 0.15) is 53.6 Å². The summed E-state index contributed by atoms with van der Waals surface area (Å²) in [6.07, 6.45) is 4.66. The Morgan fingerprint density at radius 3 is 2.37 bits per heavy atom. The zero-order valence-electron chi connectivity index (χ0n) is 15.5. The number of carboxylic acids is 1. The number of benzene rings is 2. The zero-order chi connectivity index (χ0) is 19.3. The third-order valence-electron chi connectivity index (χ3n) is 5.35. The molecule has 142 valence electrons. The van der Waals surface area contributed by atoms with Crippen molar-refractivity contribution >= 4 is 11.9 Å². The molecule has 1 saturated carbocycles. The van der Waals surface area contributed by atoms with Crippen molar-refractivity contribution in [3.05, 3.63) is 65.2 Å². The first-order valence-electron chi connectivity index (χ1n) is 9.31. The number of methoxy groups -OCH3 is 1. The van der Waals surface area contributed by atoms with E-state index in [-0.39, 0.29) is 23.4 Å². The van der Waals surface area contributed by atoms with Crippen molar-refractivity contribution in [3.63, 3.8) is 0 Å². The lowest BCUT2D eigenvalue weighted by atomic mass is 9.87. The third-order valence-corrected chi connectivity index (χ3v) is 5.35. The number of hydrogen-bond acceptors (Lipinski definition) is 3. The van der Waals surface area contributed by atoms with Crippen LogP contribution >= 0.6 is 0 Å². The van der Waals surface area contributed by atoms with Crippen molar-refractivity contribution in [2.24, 2.45) is 0 Å². The molecular formula is C22H25NO4. The van der Waals surface area contributed by atoms with E-state index in [9.17, 15) is 14.7 Å². The van der Waals surface area contributed by atoms with Crippen molar-refractivity contribution in [1.82, 2.24) is 5.32 Å². The van der Waals surface area contributed by atoms with Gasteiger partial charge in [0.1, 0.15) is 5.75 Å². The highest BCUT2D eigenvalue weighted by Gasteiger charge is 2.36. The highest BCUT2D eigenvalue weighted by molar-refractivity contribution is 5.89. The smallest absolute Gasteiger partial charge is 0.335 e. The van der Waals surface area contributed by atoms with Crippen LogP contribution in [0.2, 0.25) is 0 Å². The normalized spacial score (nSPS) is 15.3. The van der Waals surface area contributed by atoms with Crippen molar-refractivity contribution in [2.75, 3.05) is 7.11 Å². The Bertz CT molecular complexity index is 807. The standard InChI is InChI=1S/C22H25NO4/c1-27-18-11-9-17(10-12-18)22(14-4-5-15-22)23-20(24)13-8-16-6-2-3-7-19(16)21(25)26/h2-3,6-7,9-12H,4-5,8,13-15H2,1H3,(H,23,24)(H,25,26). The van der Waals surface area contributed by atoms with Crippen LogP contribution in [0.15, 0.2) is 48.5 Å². The van der Waals surface area contributed by atoms with Crippen molar-refractivity contribution < 1.29 is 19.4 Å². The van der Waals surface area contributed by atoms with Crippen LogP contribution in [0.4, 0.5) is 0 Å². The molecule has 0 spiro atoms. The molecule has 1 fully saturated rings. The summed E-state index contributed by atoms with van der Waals surface area (Å²) in [4.78, 5) is 24.0. The number of rotatable bonds is 7. The first-order valence-corrected chi connectivity index (χ1v) is 9.31. The van der Waals surface area contributed by atoms with Gasteiger partial charge in [-0.25, -0.2) is 4.79 Å². The average Bonchev–Trinajstić information content (AvgIpc) is 3.16. The van der Waals surface area contributed by atoms with E-state index in [0.29, 0.717) is 12.0 Å². The molecule has 5 heteroatoms. The predicted molar refractivity (Wildman–Crippen MR) is 103 cm³/mol. The molecule has 2 aromatic rings. The molecule has 0 atom stereocenters. The van der Waals surface area contributed by atoms with E-state index in [2.05, 4.69) is 5.32 Å². The van der Waals surface area contributed by atoms with Gasteiger partial charge in [-0.3, -0.25) is 4.79 Å². The molecule has 0 aliphatic heterocycles. The van der Waals surface area contributed by atoms with Crippen LogP contribution in [0, 0.1) is 0 Å². The first kappa shape index (κ1) is 19.0. The Morgan fingerprint density at radius 1 is 1.07 bits per heavy atom. The van der Waals surface area contributed by atoms with Gasteiger partial charge in [0.25, 0.3) is 0 Å². The average molecular weight is 367 g/mol. The van der Waals surface area contributed by atoms with E-state index in [1.54, 1.807) is 31.4 Å². The summed E-state index contributed by atoms with van der Waals surface area (Å²) in [5.74, 6) is -0.215. The van der Waals surface area contributed by atoms with Crippen LogP contribution in [0.25, 0.3) is 0 Å². The van der Waals surface area contributed by atoms with Gasteiger partial charge < -0.3 is 15.2 Å². The third kappa shape index (κ3) is 4.30. The second-order valence-corrected chi connectivity index (χ2v) is 7.03. The molecule has 5 nitrogen and oxygen atoms in total. The maximum atomic E-state index is 12.7. The number of amides is 1. The first-order chi connectivity index (χ1) is 13.0. The molecule has 2 N–H and O–H groups in total. The van der Waals surface area contributed by atoms with E-state index in [0.717, 1.165) is 37.0 Å². The number of hydrogen-bond donors (Lipinski definition) is 2. The van der Waals surface area contributed by atoms with Crippen molar-refractivity contribution in [2.45, 2.75) is 44.1 Å². The number of ether oxygens (including phenoxy) is 1. The molecule has 1 aliphatic carbocycles. The zero-order valence-corrected chi connectivity index (χ0v) is 15.5. The SMILES string of the molecule is COc1ccc(C2(NC(=O)CCc3ccccc3C(=O)O)CCCC2)cc1.